The topological polar surface area (TPSA) is 72.9 Å². The highest BCUT2D eigenvalue weighted by Gasteiger charge is 2.72. The maximum absolute atomic E-state index is 12.4. The molecule has 3 aliphatic rings. The smallest absolute Gasteiger partial charge is 0.314 e. The van der Waals surface area contributed by atoms with E-state index >= 15 is 0 Å². The van der Waals surface area contributed by atoms with Crippen molar-refractivity contribution in [3.63, 3.8) is 0 Å². The SMILES string of the molecule is CCC(=O)N1CCC2(CC1)C[C@@]2(C(=O)O)c1ccc(-c2ccc3c(c2)NCN3C)cc1. The first-order chi connectivity index (χ1) is 14.9. The Balaban J connectivity index is 1.39. The van der Waals surface area contributed by atoms with Crippen LogP contribution >= 0.6 is 0 Å². The molecule has 1 aliphatic carbocycles. The zero-order valence-corrected chi connectivity index (χ0v) is 18.1. The molecule has 1 saturated heterocycles. The minimum Gasteiger partial charge on any atom is -0.481 e. The molecule has 0 unspecified atom stereocenters. The molecule has 6 heteroatoms. The number of carbonyl (C=O) groups excluding carboxylic acids is 1. The molecule has 2 N–H and O–H groups in total. The Hall–Kier alpha value is -3.02. The van der Waals surface area contributed by atoms with Crippen LogP contribution in [-0.4, -0.2) is 48.7 Å². The van der Waals surface area contributed by atoms with E-state index in [1.807, 2.05) is 36.1 Å². The molecule has 2 aromatic rings. The summed E-state index contributed by atoms with van der Waals surface area (Å²) in [6.45, 7) is 4.01. The molecule has 2 aromatic carbocycles. The van der Waals surface area contributed by atoms with Crippen LogP contribution in [0.4, 0.5) is 11.4 Å². The highest BCUT2D eigenvalue weighted by atomic mass is 16.4. The van der Waals surface area contributed by atoms with Crippen LogP contribution in [0, 0.1) is 5.41 Å². The van der Waals surface area contributed by atoms with Crippen LogP contribution in [0.1, 0.15) is 38.2 Å². The molecule has 0 radical (unpaired) electrons. The number of fused-ring (bicyclic) bond motifs is 1. The molecule has 5 rings (SSSR count). The van der Waals surface area contributed by atoms with Crippen molar-refractivity contribution in [1.82, 2.24) is 4.90 Å². The zero-order valence-electron chi connectivity index (χ0n) is 18.1. The molecule has 1 saturated carbocycles. The van der Waals surface area contributed by atoms with Gasteiger partial charge < -0.3 is 20.2 Å². The predicted octanol–water partition coefficient (Wildman–Crippen LogP) is 3.92. The second-order valence-electron chi connectivity index (χ2n) is 9.24. The molecule has 1 atom stereocenters. The summed E-state index contributed by atoms with van der Waals surface area (Å²) in [6, 6.07) is 14.5. The van der Waals surface area contributed by atoms with E-state index in [0.717, 1.165) is 41.9 Å². The number of amides is 1. The first kappa shape index (κ1) is 19.9. The van der Waals surface area contributed by atoms with E-state index in [1.54, 1.807) is 0 Å². The van der Waals surface area contributed by atoms with Crippen molar-refractivity contribution in [3.05, 3.63) is 48.0 Å². The highest BCUT2D eigenvalue weighted by molar-refractivity contribution is 5.88. The van der Waals surface area contributed by atoms with Gasteiger partial charge in [-0.15, -0.1) is 0 Å². The number of hydrogen-bond donors (Lipinski definition) is 2. The summed E-state index contributed by atoms with van der Waals surface area (Å²) in [5.41, 5.74) is 4.36. The minimum absolute atomic E-state index is 0.163. The molecule has 31 heavy (non-hydrogen) atoms. The average molecular weight is 420 g/mol. The lowest BCUT2D eigenvalue weighted by atomic mass is 9.79. The Labute approximate surface area is 182 Å². The molecule has 0 aromatic heterocycles. The fourth-order valence-corrected chi connectivity index (χ4v) is 5.74. The van der Waals surface area contributed by atoms with E-state index in [-0.39, 0.29) is 11.3 Å². The monoisotopic (exact) mass is 419 g/mol. The number of nitrogens with zero attached hydrogens (tertiary/aromatic N) is 2. The average Bonchev–Trinajstić information content (AvgIpc) is 3.30. The summed E-state index contributed by atoms with van der Waals surface area (Å²) in [5.74, 6) is -0.573. The van der Waals surface area contributed by atoms with Crippen LogP contribution in [0.2, 0.25) is 0 Å². The van der Waals surface area contributed by atoms with Crippen LogP contribution in [-0.2, 0) is 15.0 Å². The van der Waals surface area contributed by atoms with Crippen LogP contribution in [0.5, 0.6) is 0 Å². The molecule has 6 nitrogen and oxygen atoms in total. The molecule has 2 aliphatic heterocycles. The van der Waals surface area contributed by atoms with Gasteiger partial charge in [0.2, 0.25) is 5.91 Å². The quantitative estimate of drug-likeness (QED) is 0.786. The third-order valence-corrected chi connectivity index (χ3v) is 7.75. The lowest BCUT2D eigenvalue weighted by Crippen LogP contribution is -2.42. The van der Waals surface area contributed by atoms with Gasteiger partial charge in [0.05, 0.1) is 23.5 Å². The first-order valence-corrected chi connectivity index (χ1v) is 11.1. The van der Waals surface area contributed by atoms with Crippen molar-refractivity contribution in [2.24, 2.45) is 5.41 Å². The summed E-state index contributed by atoms with van der Waals surface area (Å²) in [5, 5.41) is 13.6. The van der Waals surface area contributed by atoms with Crippen molar-refractivity contribution in [1.29, 1.82) is 0 Å². The van der Waals surface area contributed by atoms with Crippen LogP contribution in [0.25, 0.3) is 11.1 Å². The number of aliphatic carboxylic acids is 1. The molecule has 0 bridgehead atoms. The Morgan fingerprint density at radius 1 is 1.06 bits per heavy atom. The maximum atomic E-state index is 12.4. The van der Waals surface area contributed by atoms with Crippen molar-refractivity contribution < 1.29 is 14.7 Å². The van der Waals surface area contributed by atoms with Gasteiger partial charge in [-0.05, 0) is 53.5 Å². The number of anilines is 2. The highest BCUT2D eigenvalue weighted by Crippen LogP contribution is 2.69. The predicted molar refractivity (Wildman–Crippen MR) is 121 cm³/mol. The third kappa shape index (κ3) is 2.92. The molecule has 2 fully saturated rings. The van der Waals surface area contributed by atoms with Gasteiger partial charge >= 0.3 is 5.97 Å². The molecule has 162 valence electrons. The molecular formula is C25H29N3O3. The standard InChI is InChI=1S/C25H29N3O3/c1-3-22(29)28-12-10-24(11-13-28)15-25(24,23(30)31)19-7-4-17(5-8-19)18-6-9-21-20(14-18)26-16-27(21)2/h4-9,14,26H,3,10-13,15-16H2,1-2H3,(H,30,31)/t25-/m0/s1. The number of carboxylic acid groups (broad SMARTS) is 1. The number of rotatable bonds is 4. The second-order valence-corrected chi connectivity index (χ2v) is 9.24. The van der Waals surface area contributed by atoms with Gasteiger partial charge in [-0.25, -0.2) is 0 Å². The number of carbonyl (C=O) groups is 2. The number of piperidine rings is 1. The summed E-state index contributed by atoms with van der Waals surface area (Å²) < 4.78 is 0. The second kappa shape index (κ2) is 7.01. The Morgan fingerprint density at radius 2 is 1.74 bits per heavy atom. The van der Waals surface area contributed by atoms with Crippen LogP contribution in [0.3, 0.4) is 0 Å². The summed E-state index contributed by atoms with van der Waals surface area (Å²) >= 11 is 0. The number of nitrogens with one attached hydrogen (secondary N) is 1. The van der Waals surface area contributed by atoms with Gasteiger partial charge in [-0.3, -0.25) is 9.59 Å². The lowest BCUT2D eigenvalue weighted by Gasteiger charge is -2.34. The summed E-state index contributed by atoms with van der Waals surface area (Å²) in [7, 11) is 2.06. The molecule has 1 spiro atoms. The van der Waals surface area contributed by atoms with Crippen molar-refractivity contribution in [2.75, 3.05) is 37.0 Å². The Kier molecular flexibility index (Phi) is 4.50. The fourth-order valence-electron chi connectivity index (χ4n) is 5.74. The van der Waals surface area contributed by atoms with E-state index in [0.29, 0.717) is 25.9 Å². The van der Waals surface area contributed by atoms with Crippen LogP contribution < -0.4 is 10.2 Å². The van der Waals surface area contributed by atoms with E-state index in [4.69, 9.17) is 0 Å². The van der Waals surface area contributed by atoms with Gasteiger partial charge in [0.25, 0.3) is 0 Å². The van der Waals surface area contributed by atoms with Gasteiger partial charge in [0.15, 0.2) is 0 Å². The van der Waals surface area contributed by atoms with Gasteiger partial charge in [0.1, 0.15) is 0 Å². The maximum Gasteiger partial charge on any atom is 0.314 e. The molecular weight excluding hydrogens is 390 g/mol. The van der Waals surface area contributed by atoms with Crippen LogP contribution in [0.15, 0.2) is 42.5 Å². The molecule has 2 heterocycles. The summed E-state index contributed by atoms with van der Waals surface area (Å²) in [6.07, 6.45) is 2.69. The summed E-state index contributed by atoms with van der Waals surface area (Å²) in [4.78, 5) is 28.5. The van der Waals surface area contributed by atoms with E-state index in [9.17, 15) is 14.7 Å². The minimum atomic E-state index is -0.824. The lowest BCUT2D eigenvalue weighted by molar-refractivity contribution is -0.141. The van der Waals surface area contributed by atoms with E-state index < -0.39 is 11.4 Å². The molecule has 1 amide bonds. The number of carboxylic acids is 1. The van der Waals surface area contributed by atoms with Gasteiger partial charge in [-0.1, -0.05) is 37.3 Å². The normalized spacial score (nSPS) is 23.4. The Bertz CT molecular complexity index is 1040. The van der Waals surface area contributed by atoms with Crippen molar-refractivity contribution >= 4 is 23.3 Å². The van der Waals surface area contributed by atoms with E-state index in [2.05, 4.69) is 35.5 Å². The number of hydrogen-bond acceptors (Lipinski definition) is 4. The first-order valence-electron chi connectivity index (χ1n) is 11.1. The van der Waals surface area contributed by atoms with Gasteiger partial charge in [0, 0.05) is 26.6 Å². The van der Waals surface area contributed by atoms with Crippen molar-refractivity contribution in [2.45, 2.75) is 38.0 Å². The number of likely N-dealkylation sites (tertiary alicyclic amines) is 1. The fraction of sp³-hybridized carbons (Fsp3) is 0.440. The Morgan fingerprint density at radius 3 is 2.39 bits per heavy atom. The number of benzene rings is 2. The van der Waals surface area contributed by atoms with Gasteiger partial charge in [-0.2, -0.15) is 0 Å². The van der Waals surface area contributed by atoms with E-state index in [1.165, 1.54) is 5.69 Å². The van der Waals surface area contributed by atoms with Crippen molar-refractivity contribution in [3.8, 4) is 11.1 Å². The zero-order chi connectivity index (χ0) is 21.8. The third-order valence-electron chi connectivity index (χ3n) is 7.75. The largest absolute Gasteiger partial charge is 0.481 e.